The number of sulfonamides is 1. The second kappa shape index (κ2) is 8.68. The highest BCUT2D eigenvalue weighted by Gasteiger charge is 2.26. The van der Waals surface area contributed by atoms with Gasteiger partial charge in [-0.15, -0.1) is 11.3 Å². The van der Waals surface area contributed by atoms with Crippen molar-refractivity contribution in [2.45, 2.75) is 46.6 Å². The molecule has 2 aromatic rings. The van der Waals surface area contributed by atoms with Crippen LogP contribution in [0.4, 0.5) is 5.82 Å². The van der Waals surface area contributed by atoms with Gasteiger partial charge in [0.1, 0.15) is 16.5 Å². The summed E-state index contributed by atoms with van der Waals surface area (Å²) >= 11 is 1.74. The van der Waals surface area contributed by atoms with Crippen LogP contribution in [0.3, 0.4) is 0 Å². The summed E-state index contributed by atoms with van der Waals surface area (Å²) in [5, 5.41) is 1.14. The molecule has 4 rings (SSSR count). The zero-order valence-corrected chi connectivity index (χ0v) is 20.2. The summed E-state index contributed by atoms with van der Waals surface area (Å²) in [6.07, 6.45) is 4.58. The summed E-state index contributed by atoms with van der Waals surface area (Å²) in [5.41, 5.74) is 1.24. The number of aromatic nitrogens is 2. The Labute approximate surface area is 184 Å². The van der Waals surface area contributed by atoms with E-state index in [2.05, 4.69) is 30.6 Å². The lowest BCUT2D eigenvalue weighted by molar-refractivity contribution is 0.181. The molecule has 0 unspecified atom stereocenters. The van der Waals surface area contributed by atoms with E-state index >= 15 is 0 Å². The van der Waals surface area contributed by atoms with E-state index in [-0.39, 0.29) is 0 Å². The maximum Gasteiger partial charge on any atom is 0.211 e. The standard InChI is InChI=1S/C21H33N5O2S2/c1-15-6-10-24(11-7-15)14-18-22-20(19-16(2)17(3)29-21(19)23-18)25-8-5-9-26(13-12-25)30(4,27)28/h15H,5-14H2,1-4H3. The van der Waals surface area contributed by atoms with Gasteiger partial charge in [0.05, 0.1) is 18.2 Å². The van der Waals surface area contributed by atoms with Crippen LogP contribution in [0.1, 0.15) is 42.5 Å². The molecule has 0 N–H and O–H groups in total. The molecule has 0 bridgehead atoms. The van der Waals surface area contributed by atoms with Crippen molar-refractivity contribution in [3.05, 3.63) is 16.3 Å². The molecule has 0 saturated carbocycles. The van der Waals surface area contributed by atoms with Gasteiger partial charge in [-0.2, -0.15) is 0 Å². The Bertz CT molecular complexity index is 1010. The third-order valence-corrected chi connectivity index (χ3v) is 8.92. The number of hydrogen-bond acceptors (Lipinski definition) is 7. The molecular formula is C21H33N5O2S2. The van der Waals surface area contributed by atoms with Gasteiger partial charge < -0.3 is 4.90 Å². The molecule has 2 saturated heterocycles. The fourth-order valence-electron chi connectivity index (χ4n) is 4.43. The monoisotopic (exact) mass is 451 g/mol. The first-order valence-corrected chi connectivity index (χ1v) is 13.6. The fourth-order valence-corrected chi connectivity index (χ4v) is 6.35. The summed E-state index contributed by atoms with van der Waals surface area (Å²) in [7, 11) is -3.16. The van der Waals surface area contributed by atoms with Crippen molar-refractivity contribution in [1.29, 1.82) is 0 Å². The van der Waals surface area contributed by atoms with Gasteiger partial charge >= 0.3 is 0 Å². The van der Waals surface area contributed by atoms with Gasteiger partial charge in [0.2, 0.25) is 10.0 Å². The lowest BCUT2D eigenvalue weighted by Crippen LogP contribution is -2.35. The molecule has 7 nitrogen and oxygen atoms in total. The van der Waals surface area contributed by atoms with Crippen molar-refractivity contribution in [3.8, 4) is 0 Å². The molecule has 166 valence electrons. The van der Waals surface area contributed by atoms with E-state index in [4.69, 9.17) is 9.97 Å². The number of fused-ring (bicyclic) bond motifs is 1. The number of anilines is 1. The molecule has 0 atom stereocenters. The normalized spacial score (nSPS) is 20.7. The third-order valence-electron chi connectivity index (χ3n) is 6.52. The topological polar surface area (TPSA) is 69.6 Å². The summed E-state index contributed by atoms with van der Waals surface area (Å²) < 4.78 is 25.6. The van der Waals surface area contributed by atoms with E-state index in [9.17, 15) is 8.42 Å². The van der Waals surface area contributed by atoms with Gasteiger partial charge in [0.15, 0.2) is 0 Å². The van der Waals surface area contributed by atoms with E-state index in [0.29, 0.717) is 19.6 Å². The Morgan fingerprint density at radius 3 is 2.47 bits per heavy atom. The van der Waals surface area contributed by atoms with Gasteiger partial charge in [-0.1, -0.05) is 6.92 Å². The maximum absolute atomic E-state index is 12.0. The highest BCUT2D eigenvalue weighted by molar-refractivity contribution is 7.88. The summed E-state index contributed by atoms with van der Waals surface area (Å²) in [5.74, 6) is 2.67. The van der Waals surface area contributed by atoms with Crippen LogP contribution >= 0.6 is 11.3 Å². The third kappa shape index (κ3) is 4.64. The molecule has 2 aliphatic heterocycles. The Hall–Kier alpha value is -1.29. The Kier molecular flexibility index (Phi) is 6.35. The lowest BCUT2D eigenvalue weighted by Gasteiger charge is -2.30. The minimum absolute atomic E-state index is 0.506. The predicted molar refractivity (Wildman–Crippen MR) is 124 cm³/mol. The molecule has 4 heterocycles. The first-order chi connectivity index (χ1) is 14.2. The SMILES string of the molecule is Cc1sc2nc(CN3CCC(C)CC3)nc(N3CCCN(S(C)(=O)=O)CC3)c2c1C. The van der Waals surface area contributed by atoms with Gasteiger partial charge in [0.25, 0.3) is 0 Å². The zero-order chi connectivity index (χ0) is 21.5. The quantitative estimate of drug-likeness (QED) is 0.712. The van der Waals surface area contributed by atoms with Crippen LogP contribution in [-0.2, 0) is 16.6 Å². The number of likely N-dealkylation sites (tertiary alicyclic amines) is 1. The number of aryl methyl sites for hydroxylation is 2. The average Bonchev–Trinajstić information content (AvgIpc) is 2.87. The summed E-state index contributed by atoms with van der Waals surface area (Å²) in [6, 6.07) is 0. The van der Waals surface area contributed by atoms with E-state index in [1.165, 1.54) is 29.5 Å². The van der Waals surface area contributed by atoms with Crippen LogP contribution in [0.2, 0.25) is 0 Å². The van der Waals surface area contributed by atoms with E-state index in [1.54, 1.807) is 15.6 Å². The van der Waals surface area contributed by atoms with Crippen LogP contribution in [-0.4, -0.2) is 73.1 Å². The fraction of sp³-hybridized carbons (Fsp3) is 0.714. The molecule has 0 aromatic carbocycles. The van der Waals surface area contributed by atoms with Crippen molar-refractivity contribution in [2.75, 3.05) is 50.4 Å². The van der Waals surface area contributed by atoms with Crippen molar-refractivity contribution in [3.63, 3.8) is 0 Å². The van der Waals surface area contributed by atoms with Crippen LogP contribution in [0.15, 0.2) is 0 Å². The molecule has 2 aromatic heterocycles. The molecule has 0 amide bonds. The molecular weight excluding hydrogens is 418 g/mol. The van der Waals surface area contributed by atoms with E-state index in [1.807, 2.05) is 0 Å². The molecule has 2 fully saturated rings. The van der Waals surface area contributed by atoms with Gasteiger partial charge in [-0.05, 0) is 57.7 Å². The summed E-state index contributed by atoms with van der Waals surface area (Å²) in [4.78, 5) is 17.1. The average molecular weight is 452 g/mol. The molecule has 0 radical (unpaired) electrons. The predicted octanol–water partition coefficient (Wildman–Crippen LogP) is 3.01. The maximum atomic E-state index is 12.0. The number of nitrogens with zero attached hydrogens (tertiary/aromatic N) is 5. The van der Waals surface area contributed by atoms with Crippen molar-refractivity contribution in [1.82, 2.24) is 19.2 Å². The van der Waals surface area contributed by atoms with Crippen LogP contribution < -0.4 is 4.90 Å². The first kappa shape index (κ1) is 21.9. The van der Waals surface area contributed by atoms with E-state index in [0.717, 1.165) is 60.4 Å². The second-order valence-electron chi connectivity index (χ2n) is 8.89. The zero-order valence-electron chi connectivity index (χ0n) is 18.5. The molecule has 0 spiro atoms. The van der Waals surface area contributed by atoms with Gasteiger partial charge in [0, 0.05) is 31.1 Å². The molecule has 30 heavy (non-hydrogen) atoms. The Balaban J connectivity index is 1.65. The highest BCUT2D eigenvalue weighted by Crippen LogP contribution is 2.35. The van der Waals surface area contributed by atoms with E-state index < -0.39 is 10.0 Å². The van der Waals surface area contributed by atoms with Gasteiger partial charge in [-0.3, -0.25) is 4.90 Å². The van der Waals surface area contributed by atoms with Crippen LogP contribution in [0, 0.1) is 19.8 Å². The lowest BCUT2D eigenvalue weighted by atomic mass is 9.99. The molecule has 9 heteroatoms. The van der Waals surface area contributed by atoms with Crippen LogP contribution in [0.25, 0.3) is 10.2 Å². The second-order valence-corrected chi connectivity index (χ2v) is 12.1. The first-order valence-electron chi connectivity index (χ1n) is 10.9. The van der Waals surface area contributed by atoms with Crippen molar-refractivity contribution in [2.24, 2.45) is 5.92 Å². The van der Waals surface area contributed by atoms with Crippen molar-refractivity contribution < 1.29 is 8.42 Å². The number of thiophene rings is 1. The minimum atomic E-state index is -3.16. The van der Waals surface area contributed by atoms with Crippen LogP contribution in [0.5, 0.6) is 0 Å². The largest absolute Gasteiger partial charge is 0.355 e. The van der Waals surface area contributed by atoms with Crippen molar-refractivity contribution >= 4 is 37.4 Å². The van der Waals surface area contributed by atoms with Gasteiger partial charge in [-0.25, -0.2) is 22.7 Å². The number of rotatable bonds is 4. The molecule has 2 aliphatic rings. The smallest absolute Gasteiger partial charge is 0.211 e. The molecule has 0 aliphatic carbocycles. The highest BCUT2D eigenvalue weighted by atomic mass is 32.2. The Morgan fingerprint density at radius 1 is 1.03 bits per heavy atom. The summed E-state index contributed by atoms with van der Waals surface area (Å²) in [6.45, 7) is 12.2. The number of hydrogen-bond donors (Lipinski definition) is 0. The Morgan fingerprint density at radius 2 is 1.77 bits per heavy atom. The number of piperidine rings is 1. The minimum Gasteiger partial charge on any atom is -0.355 e.